The van der Waals surface area contributed by atoms with E-state index in [2.05, 4.69) is 113 Å². The molecule has 7 nitrogen and oxygen atoms in total. The second-order valence-corrected chi connectivity index (χ2v) is 10.6. The second kappa shape index (κ2) is 14.7. The third-order valence-corrected chi connectivity index (χ3v) is 6.73. The number of aromatic nitrogens is 4. The summed E-state index contributed by atoms with van der Waals surface area (Å²) in [6.45, 7) is 13.0. The fourth-order valence-corrected chi connectivity index (χ4v) is 4.54. The molecule has 0 amide bonds. The highest BCUT2D eigenvalue weighted by Crippen LogP contribution is 2.25. The van der Waals surface area contributed by atoms with Crippen molar-refractivity contribution in [3.63, 3.8) is 0 Å². The van der Waals surface area contributed by atoms with Crippen molar-refractivity contribution in [2.75, 3.05) is 9.80 Å². The lowest BCUT2D eigenvalue weighted by Gasteiger charge is -2.28. The number of benzene rings is 3. The van der Waals surface area contributed by atoms with Crippen molar-refractivity contribution < 1.29 is 4.74 Å². The van der Waals surface area contributed by atoms with Gasteiger partial charge in [-0.3, -0.25) is 0 Å². The Morgan fingerprint density at radius 1 is 0.683 bits per heavy atom. The van der Waals surface area contributed by atoms with Gasteiger partial charge in [-0.2, -0.15) is 0 Å². The molecule has 0 saturated heterocycles. The molecule has 0 saturated carbocycles. The van der Waals surface area contributed by atoms with E-state index in [0.717, 1.165) is 36.2 Å². The number of imidazole rings is 2. The summed E-state index contributed by atoms with van der Waals surface area (Å²) in [4.78, 5) is 19.6. The van der Waals surface area contributed by atoms with E-state index in [9.17, 15) is 0 Å². The maximum atomic E-state index is 5.95. The van der Waals surface area contributed by atoms with Crippen LogP contribution in [0.15, 0.2) is 104 Å². The van der Waals surface area contributed by atoms with Gasteiger partial charge in [-0.1, -0.05) is 48.5 Å². The number of aryl methyl sites for hydroxylation is 1. The average Bonchev–Trinajstić information content (AvgIpc) is 3.69. The molecule has 41 heavy (non-hydrogen) atoms. The van der Waals surface area contributed by atoms with Crippen molar-refractivity contribution in [2.45, 2.75) is 66.4 Å². The second-order valence-electron chi connectivity index (χ2n) is 10.6. The summed E-state index contributed by atoms with van der Waals surface area (Å²) < 4.78 is 5.95. The summed E-state index contributed by atoms with van der Waals surface area (Å²) in [6, 6.07) is 27.8. The first-order chi connectivity index (χ1) is 19.9. The Morgan fingerprint density at radius 2 is 1.24 bits per heavy atom. The van der Waals surface area contributed by atoms with Gasteiger partial charge in [0.05, 0.1) is 13.1 Å². The van der Waals surface area contributed by atoms with E-state index in [1.165, 1.54) is 16.8 Å². The Balaban J connectivity index is 0.000000201. The topological polar surface area (TPSA) is 73.1 Å². The molecule has 0 radical (unpaired) electrons. The van der Waals surface area contributed by atoms with Gasteiger partial charge < -0.3 is 24.5 Å². The molecule has 0 aliphatic heterocycles. The molecule has 0 bridgehead atoms. The summed E-state index contributed by atoms with van der Waals surface area (Å²) in [5.74, 6) is 2.83. The van der Waals surface area contributed by atoms with E-state index in [4.69, 9.17) is 4.74 Å². The van der Waals surface area contributed by atoms with Gasteiger partial charge in [-0.15, -0.1) is 0 Å². The van der Waals surface area contributed by atoms with Gasteiger partial charge in [-0.25, -0.2) is 9.97 Å². The van der Waals surface area contributed by atoms with E-state index >= 15 is 0 Å². The fourth-order valence-electron chi connectivity index (χ4n) is 4.54. The molecule has 2 N–H and O–H groups in total. The zero-order valence-electron chi connectivity index (χ0n) is 24.8. The van der Waals surface area contributed by atoms with Crippen LogP contribution in [-0.4, -0.2) is 32.0 Å². The van der Waals surface area contributed by atoms with Crippen LogP contribution in [0.3, 0.4) is 0 Å². The Morgan fingerprint density at radius 3 is 1.76 bits per heavy atom. The lowest BCUT2D eigenvalue weighted by molar-refractivity contribution is 0.306. The SMILES string of the molecule is CC(C)N(Cc1ncc[nH]1)c1cccc(OCc2ccccc2)c1.Cc1cccc(N(Cc2ncc[nH]2)C(C)C)c1. The molecule has 0 spiro atoms. The largest absolute Gasteiger partial charge is 0.489 e. The number of aromatic amines is 2. The summed E-state index contributed by atoms with van der Waals surface area (Å²) in [5.41, 5.74) is 4.83. The van der Waals surface area contributed by atoms with Gasteiger partial charge in [0.25, 0.3) is 0 Å². The van der Waals surface area contributed by atoms with Crippen LogP contribution in [0.2, 0.25) is 0 Å². The lowest BCUT2D eigenvalue weighted by Crippen LogP contribution is -2.30. The number of rotatable bonds is 11. The van der Waals surface area contributed by atoms with Crippen molar-refractivity contribution in [3.05, 3.63) is 126 Å². The fraction of sp³-hybridized carbons (Fsp3) is 0.294. The molecule has 0 fully saturated rings. The van der Waals surface area contributed by atoms with Crippen LogP contribution in [0, 0.1) is 6.92 Å². The van der Waals surface area contributed by atoms with Crippen LogP contribution in [0.5, 0.6) is 5.75 Å². The quantitative estimate of drug-likeness (QED) is 0.178. The monoisotopic (exact) mass is 550 g/mol. The van der Waals surface area contributed by atoms with E-state index in [1.54, 1.807) is 12.4 Å². The molecular formula is C34H42N6O. The normalized spacial score (nSPS) is 10.8. The van der Waals surface area contributed by atoms with Crippen LogP contribution in [0.4, 0.5) is 11.4 Å². The van der Waals surface area contributed by atoms with Crippen molar-refractivity contribution >= 4 is 11.4 Å². The maximum absolute atomic E-state index is 5.95. The Labute approximate surface area is 244 Å². The van der Waals surface area contributed by atoms with Gasteiger partial charge >= 0.3 is 0 Å². The maximum Gasteiger partial charge on any atom is 0.125 e. The lowest BCUT2D eigenvalue weighted by atomic mass is 10.2. The van der Waals surface area contributed by atoms with Crippen molar-refractivity contribution in [1.29, 1.82) is 0 Å². The summed E-state index contributed by atoms with van der Waals surface area (Å²) in [7, 11) is 0. The first-order valence-electron chi connectivity index (χ1n) is 14.2. The zero-order valence-corrected chi connectivity index (χ0v) is 24.8. The summed E-state index contributed by atoms with van der Waals surface area (Å²) in [5, 5.41) is 0. The van der Waals surface area contributed by atoms with E-state index in [0.29, 0.717) is 18.7 Å². The third-order valence-electron chi connectivity index (χ3n) is 6.73. The standard InChI is InChI=1S/C20H23N3O.C14H19N3/c1-16(2)23(14-20-21-11-12-22-20)18-9-6-10-19(13-18)24-15-17-7-4-3-5-8-17;1-11(2)17(10-14-15-7-8-16-14)13-6-4-5-12(3)9-13/h3-13,16H,14-15H2,1-2H3,(H,21,22);4-9,11H,10H2,1-3H3,(H,15,16). The molecule has 214 valence electrons. The van der Waals surface area contributed by atoms with Crippen LogP contribution in [-0.2, 0) is 19.7 Å². The highest BCUT2D eigenvalue weighted by Gasteiger charge is 2.14. The minimum Gasteiger partial charge on any atom is -0.489 e. The molecule has 7 heteroatoms. The smallest absolute Gasteiger partial charge is 0.125 e. The first kappa shape index (κ1) is 29.5. The highest BCUT2D eigenvalue weighted by molar-refractivity contribution is 5.51. The van der Waals surface area contributed by atoms with Crippen LogP contribution in [0.25, 0.3) is 0 Å². The molecule has 3 aromatic carbocycles. The van der Waals surface area contributed by atoms with Gasteiger partial charge in [0, 0.05) is 54.3 Å². The number of anilines is 2. The van der Waals surface area contributed by atoms with Crippen molar-refractivity contribution in [2.24, 2.45) is 0 Å². The number of nitrogens with zero attached hydrogens (tertiary/aromatic N) is 4. The predicted octanol–water partition coefficient (Wildman–Crippen LogP) is 7.54. The third kappa shape index (κ3) is 9.00. The van der Waals surface area contributed by atoms with Gasteiger partial charge in [0.1, 0.15) is 24.0 Å². The molecule has 2 aromatic heterocycles. The minimum absolute atomic E-state index is 0.361. The minimum atomic E-state index is 0.361. The Hall–Kier alpha value is -4.52. The molecule has 2 heterocycles. The molecule has 0 aliphatic rings. The number of ether oxygens (including phenoxy) is 1. The van der Waals surface area contributed by atoms with Crippen LogP contribution in [0.1, 0.15) is 50.5 Å². The van der Waals surface area contributed by atoms with E-state index < -0.39 is 0 Å². The molecule has 0 unspecified atom stereocenters. The highest BCUT2D eigenvalue weighted by atomic mass is 16.5. The zero-order chi connectivity index (χ0) is 29.0. The van der Waals surface area contributed by atoms with Gasteiger partial charge in [0.2, 0.25) is 0 Å². The average molecular weight is 551 g/mol. The number of hydrogen-bond donors (Lipinski definition) is 2. The van der Waals surface area contributed by atoms with E-state index in [-0.39, 0.29) is 0 Å². The Bertz CT molecular complexity index is 1410. The Kier molecular flexibility index (Phi) is 10.6. The number of nitrogens with one attached hydrogen (secondary N) is 2. The van der Waals surface area contributed by atoms with Crippen LogP contribution >= 0.6 is 0 Å². The van der Waals surface area contributed by atoms with Crippen LogP contribution < -0.4 is 14.5 Å². The molecule has 5 aromatic rings. The van der Waals surface area contributed by atoms with Gasteiger partial charge in [0.15, 0.2) is 0 Å². The first-order valence-corrected chi connectivity index (χ1v) is 14.2. The van der Waals surface area contributed by atoms with Crippen molar-refractivity contribution in [1.82, 2.24) is 19.9 Å². The molecule has 0 atom stereocenters. The molecular weight excluding hydrogens is 508 g/mol. The molecule has 0 aliphatic carbocycles. The predicted molar refractivity (Wildman–Crippen MR) is 168 cm³/mol. The number of hydrogen-bond acceptors (Lipinski definition) is 5. The summed E-state index contributed by atoms with van der Waals surface area (Å²) in [6.07, 6.45) is 7.30. The van der Waals surface area contributed by atoms with Crippen molar-refractivity contribution in [3.8, 4) is 5.75 Å². The summed E-state index contributed by atoms with van der Waals surface area (Å²) >= 11 is 0. The molecule has 5 rings (SSSR count). The number of H-pyrrole nitrogens is 2. The van der Waals surface area contributed by atoms with Gasteiger partial charge in [-0.05, 0) is 70.0 Å². The van der Waals surface area contributed by atoms with E-state index in [1.807, 2.05) is 42.7 Å².